The first-order chi connectivity index (χ1) is 7.83. The lowest BCUT2D eigenvalue weighted by molar-refractivity contribution is 0.262. The Morgan fingerprint density at radius 2 is 2.38 bits per heavy atom. The van der Waals surface area contributed by atoms with Crippen molar-refractivity contribution in [2.45, 2.75) is 12.5 Å². The molecule has 1 saturated heterocycles. The fraction of sp³-hybridized carbons (Fsp3) is 0.385. The molecule has 1 atom stereocenters. The molecule has 0 N–H and O–H groups in total. The van der Waals surface area contributed by atoms with Gasteiger partial charge in [-0.05, 0) is 18.1 Å². The fourth-order valence-corrected chi connectivity index (χ4v) is 1.49. The van der Waals surface area contributed by atoms with Gasteiger partial charge in [-0.3, -0.25) is 0 Å². The van der Waals surface area contributed by atoms with E-state index in [1.165, 1.54) is 0 Å². The molecule has 0 spiro atoms. The predicted octanol–water partition coefficient (Wildman–Crippen LogP) is 2.20. The standard InChI is InChI=1S/C13H16O3/c1-3-4-10-5-6-11(7-13(10)14-2)15-8-12-9-16-12/h3,5-7,12H,1,4,8-9H2,2H3. The summed E-state index contributed by atoms with van der Waals surface area (Å²) < 4.78 is 16.0. The maximum atomic E-state index is 5.57. The molecule has 0 bridgehead atoms. The Labute approximate surface area is 95.6 Å². The van der Waals surface area contributed by atoms with Crippen LogP contribution in [0.15, 0.2) is 30.9 Å². The lowest BCUT2D eigenvalue weighted by atomic mass is 10.1. The van der Waals surface area contributed by atoms with Crippen LogP contribution in [0.5, 0.6) is 11.5 Å². The quantitative estimate of drug-likeness (QED) is 0.544. The van der Waals surface area contributed by atoms with Crippen LogP contribution in [0.25, 0.3) is 0 Å². The number of rotatable bonds is 6. The van der Waals surface area contributed by atoms with E-state index < -0.39 is 0 Å². The highest BCUT2D eigenvalue weighted by atomic mass is 16.6. The van der Waals surface area contributed by atoms with Gasteiger partial charge in [0, 0.05) is 6.07 Å². The average Bonchev–Trinajstić information content (AvgIpc) is 3.12. The number of epoxide rings is 1. The molecular weight excluding hydrogens is 204 g/mol. The first kappa shape index (κ1) is 11.0. The second-order valence-electron chi connectivity index (χ2n) is 3.73. The molecule has 1 aliphatic heterocycles. The minimum Gasteiger partial charge on any atom is -0.496 e. The molecule has 2 rings (SSSR count). The molecule has 1 aliphatic rings. The molecule has 3 nitrogen and oxygen atoms in total. The smallest absolute Gasteiger partial charge is 0.126 e. The maximum absolute atomic E-state index is 5.57. The molecule has 0 aromatic heterocycles. The first-order valence-corrected chi connectivity index (χ1v) is 5.35. The number of methoxy groups -OCH3 is 1. The summed E-state index contributed by atoms with van der Waals surface area (Å²) in [7, 11) is 1.66. The minimum absolute atomic E-state index is 0.277. The SMILES string of the molecule is C=CCc1ccc(OCC2CO2)cc1OC. The molecule has 3 heteroatoms. The predicted molar refractivity (Wildman–Crippen MR) is 62.1 cm³/mol. The Hall–Kier alpha value is -1.48. The zero-order valence-corrected chi connectivity index (χ0v) is 9.44. The van der Waals surface area contributed by atoms with E-state index in [-0.39, 0.29) is 6.10 Å². The number of ether oxygens (including phenoxy) is 3. The van der Waals surface area contributed by atoms with Crippen LogP contribution in [0.3, 0.4) is 0 Å². The Kier molecular flexibility index (Phi) is 3.47. The Morgan fingerprint density at radius 3 is 3.00 bits per heavy atom. The molecule has 86 valence electrons. The molecule has 1 heterocycles. The molecule has 0 amide bonds. The van der Waals surface area contributed by atoms with E-state index in [9.17, 15) is 0 Å². The molecule has 0 radical (unpaired) electrons. The third-order valence-corrected chi connectivity index (χ3v) is 2.46. The van der Waals surface area contributed by atoms with Crippen molar-refractivity contribution in [1.82, 2.24) is 0 Å². The van der Waals surface area contributed by atoms with Crippen molar-refractivity contribution in [2.24, 2.45) is 0 Å². The van der Waals surface area contributed by atoms with Gasteiger partial charge in [-0.1, -0.05) is 12.1 Å². The lowest BCUT2D eigenvalue weighted by Gasteiger charge is -2.10. The maximum Gasteiger partial charge on any atom is 0.126 e. The van der Waals surface area contributed by atoms with Gasteiger partial charge in [-0.15, -0.1) is 6.58 Å². The zero-order chi connectivity index (χ0) is 11.4. The van der Waals surface area contributed by atoms with E-state index in [1.54, 1.807) is 7.11 Å². The largest absolute Gasteiger partial charge is 0.496 e. The van der Waals surface area contributed by atoms with Gasteiger partial charge in [0.1, 0.15) is 24.2 Å². The van der Waals surface area contributed by atoms with E-state index >= 15 is 0 Å². The van der Waals surface area contributed by atoms with Crippen LogP contribution in [0.1, 0.15) is 5.56 Å². The van der Waals surface area contributed by atoms with Gasteiger partial charge in [0.2, 0.25) is 0 Å². The van der Waals surface area contributed by atoms with Crippen molar-refractivity contribution < 1.29 is 14.2 Å². The summed E-state index contributed by atoms with van der Waals surface area (Å²) in [5, 5.41) is 0. The highest BCUT2D eigenvalue weighted by molar-refractivity contribution is 5.41. The number of allylic oxidation sites excluding steroid dienone is 1. The summed E-state index contributed by atoms with van der Waals surface area (Å²) in [6, 6.07) is 5.86. The Bertz CT molecular complexity index is 369. The monoisotopic (exact) mass is 220 g/mol. The highest BCUT2D eigenvalue weighted by Crippen LogP contribution is 2.26. The lowest BCUT2D eigenvalue weighted by Crippen LogP contribution is -2.04. The fourth-order valence-electron chi connectivity index (χ4n) is 1.49. The minimum atomic E-state index is 0.277. The number of hydrogen-bond acceptors (Lipinski definition) is 3. The second kappa shape index (κ2) is 5.03. The third kappa shape index (κ3) is 2.76. The van der Waals surface area contributed by atoms with Crippen molar-refractivity contribution in [3.8, 4) is 11.5 Å². The second-order valence-corrected chi connectivity index (χ2v) is 3.73. The van der Waals surface area contributed by atoms with Gasteiger partial charge in [0.25, 0.3) is 0 Å². The van der Waals surface area contributed by atoms with E-state index in [0.29, 0.717) is 6.61 Å². The Balaban J connectivity index is 2.04. The highest BCUT2D eigenvalue weighted by Gasteiger charge is 2.23. The number of hydrogen-bond donors (Lipinski definition) is 0. The van der Waals surface area contributed by atoms with Crippen LogP contribution in [0.4, 0.5) is 0 Å². The van der Waals surface area contributed by atoms with Crippen LogP contribution in [-0.2, 0) is 11.2 Å². The van der Waals surface area contributed by atoms with Gasteiger partial charge in [0.15, 0.2) is 0 Å². The van der Waals surface area contributed by atoms with Crippen molar-refractivity contribution in [1.29, 1.82) is 0 Å². The molecule has 1 fully saturated rings. The van der Waals surface area contributed by atoms with Crippen LogP contribution in [-0.4, -0.2) is 26.4 Å². The average molecular weight is 220 g/mol. The summed E-state index contributed by atoms with van der Waals surface area (Å²) in [4.78, 5) is 0. The van der Waals surface area contributed by atoms with Gasteiger partial charge >= 0.3 is 0 Å². The molecule has 16 heavy (non-hydrogen) atoms. The number of benzene rings is 1. The van der Waals surface area contributed by atoms with Crippen molar-refractivity contribution in [3.05, 3.63) is 36.4 Å². The van der Waals surface area contributed by atoms with E-state index in [1.807, 2.05) is 24.3 Å². The van der Waals surface area contributed by atoms with Crippen molar-refractivity contribution in [3.63, 3.8) is 0 Å². The summed E-state index contributed by atoms with van der Waals surface area (Å²) in [5.41, 5.74) is 1.12. The van der Waals surface area contributed by atoms with Crippen LogP contribution >= 0.6 is 0 Å². The zero-order valence-electron chi connectivity index (χ0n) is 9.44. The Morgan fingerprint density at radius 1 is 1.56 bits per heavy atom. The van der Waals surface area contributed by atoms with E-state index in [2.05, 4.69) is 6.58 Å². The summed E-state index contributed by atoms with van der Waals surface area (Å²) in [5.74, 6) is 1.66. The molecule has 0 aliphatic carbocycles. The normalized spacial score (nSPS) is 17.9. The summed E-state index contributed by atoms with van der Waals surface area (Å²) in [6.07, 6.45) is 2.94. The van der Waals surface area contributed by atoms with Gasteiger partial charge in [0.05, 0.1) is 13.7 Å². The molecule has 1 aromatic rings. The van der Waals surface area contributed by atoms with Gasteiger partial charge in [-0.2, -0.15) is 0 Å². The summed E-state index contributed by atoms with van der Waals surface area (Å²) >= 11 is 0. The van der Waals surface area contributed by atoms with Crippen LogP contribution in [0, 0.1) is 0 Å². The van der Waals surface area contributed by atoms with Gasteiger partial charge < -0.3 is 14.2 Å². The third-order valence-electron chi connectivity index (χ3n) is 2.46. The summed E-state index contributed by atoms with van der Waals surface area (Å²) in [6.45, 7) is 5.14. The van der Waals surface area contributed by atoms with Crippen LogP contribution in [0.2, 0.25) is 0 Å². The van der Waals surface area contributed by atoms with Crippen molar-refractivity contribution in [2.75, 3.05) is 20.3 Å². The van der Waals surface area contributed by atoms with Crippen LogP contribution < -0.4 is 9.47 Å². The molecule has 1 unspecified atom stereocenters. The van der Waals surface area contributed by atoms with E-state index in [0.717, 1.165) is 30.1 Å². The van der Waals surface area contributed by atoms with Gasteiger partial charge in [-0.25, -0.2) is 0 Å². The van der Waals surface area contributed by atoms with Crippen molar-refractivity contribution >= 4 is 0 Å². The van der Waals surface area contributed by atoms with E-state index in [4.69, 9.17) is 14.2 Å². The molecule has 1 aromatic carbocycles. The first-order valence-electron chi connectivity index (χ1n) is 5.35. The topological polar surface area (TPSA) is 31.0 Å². The molecular formula is C13H16O3. The molecule has 0 saturated carbocycles.